The quantitative estimate of drug-likeness (QED) is 0.784. The van der Waals surface area contributed by atoms with Gasteiger partial charge in [-0.15, -0.1) is 11.6 Å². The molecule has 0 spiro atoms. The number of hydrogen-bond donors (Lipinski definition) is 1. The average molecular weight is 215 g/mol. The Labute approximate surface area is 87.3 Å². The first-order valence-electron chi connectivity index (χ1n) is 4.24. The Morgan fingerprint density at radius 3 is 2.50 bits per heavy atom. The highest BCUT2D eigenvalue weighted by Crippen LogP contribution is 2.22. The maximum absolute atomic E-state index is 10.5. The third kappa shape index (κ3) is 2.64. The molecule has 1 rings (SSSR count). The number of halogens is 1. The lowest BCUT2D eigenvalue weighted by molar-refractivity contribution is -0.136. The maximum atomic E-state index is 10.5. The Hall–Kier alpha value is -1.22. The van der Waals surface area contributed by atoms with E-state index in [2.05, 4.69) is 0 Å². The zero-order chi connectivity index (χ0) is 10.6. The Morgan fingerprint density at radius 2 is 2.07 bits per heavy atom. The zero-order valence-electron chi connectivity index (χ0n) is 7.74. The van der Waals surface area contributed by atoms with E-state index >= 15 is 0 Å². The van der Waals surface area contributed by atoms with Gasteiger partial charge in [0.1, 0.15) is 5.75 Å². The summed E-state index contributed by atoms with van der Waals surface area (Å²) in [6.45, 7) is 2.47. The molecule has 1 aromatic carbocycles. The van der Waals surface area contributed by atoms with Crippen LogP contribution in [0.25, 0.3) is 0 Å². The first-order chi connectivity index (χ1) is 6.65. The maximum Gasteiger partial charge on any atom is 0.326 e. The van der Waals surface area contributed by atoms with Gasteiger partial charge in [0, 0.05) is 0 Å². The molecule has 76 valence electrons. The predicted molar refractivity (Wildman–Crippen MR) is 53.8 cm³/mol. The predicted octanol–water partition coefficient (Wildman–Crippen LogP) is 2.45. The molecule has 0 saturated carbocycles. The van der Waals surface area contributed by atoms with Gasteiger partial charge < -0.3 is 9.84 Å². The molecular weight excluding hydrogens is 204 g/mol. The highest BCUT2D eigenvalue weighted by atomic mass is 35.5. The topological polar surface area (TPSA) is 46.5 Å². The molecule has 0 amide bonds. The van der Waals surface area contributed by atoms with Crippen molar-refractivity contribution < 1.29 is 14.6 Å². The number of carbonyl (C=O) groups is 1. The fourth-order valence-electron chi connectivity index (χ4n) is 1.04. The van der Waals surface area contributed by atoms with Crippen LogP contribution < -0.4 is 4.74 Å². The summed E-state index contributed by atoms with van der Waals surface area (Å²) in [5, 5.41) is 7.65. The summed E-state index contributed by atoms with van der Waals surface area (Å²) >= 11 is 5.63. The number of aliphatic carboxylic acids is 1. The number of carboxylic acids is 1. The summed E-state index contributed by atoms with van der Waals surface area (Å²) in [5.74, 6) is -0.332. The molecule has 0 fully saturated rings. The second-order valence-electron chi connectivity index (χ2n) is 2.70. The highest BCUT2D eigenvalue weighted by molar-refractivity contribution is 6.29. The molecule has 0 aliphatic heterocycles. The molecule has 1 aromatic rings. The van der Waals surface area contributed by atoms with Crippen LogP contribution in [0, 0.1) is 0 Å². The Balaban J connectivity index is 2.77. The van der Waals surface area contributed by atoms with Crippen molar-refractivity contribution in [3.8, 4) is 5.75 Å². The van der Waals surface area contributed by atoms with Gasteiger partial charge in [-0.25, -0.2) is 0 Å². The molecule has 0 aliphatic rings. The van der Waals surface area contributed by atoms with Gasteiger partial charge in [-0.3, -0.25) is 4.79 Å². The molecule has 4 heteroatoms. The largest absolute Gasteiger partial charge is 0.494 e. The van der Waals surface area contributed by atoms with E-state index in [-0.39, 0.29) is 0 Å². The minimum Gasteiger partial charge on any atom is -0.494 e. The van der Waals surface area contributed by atoms with E-state index in [0.717, 1.165) is 0 Å². The Bertz CT molecular complexity index is 308. The fourth-order valence-corrected chi connectivity index (χ4v) is 1.19. The molecule has 14 heavy (non-hydrogen) atoms. The van der Waals surface area contributed by atoms with Crippen LogP contribution in [0.15, 0.2) is 24.3 Å². The lowest BCUT2D eigenvalue weighted by atomic mass is 10.1. The third-order valence-corrected chi connectivity index (χ3v) is 2.14. The zero-order valence-corrected chi connectivity index (χ0v) is 8.49. The fraction of sp³-hybridized carbons (Fsp3) is 0.300. The molecule has 0 saturated heterocycles. The summed E-state index contributed by atoms with van der Waals surface area (Å²) in [4.78, 5) is 10.5. The van der Waals surface area contributed by atoms with Gasteiger partial charge in [0.25, 0.3) is 0 Å². The molecule has 0 aliphatic carbocycles. The number of benzene rings is 1. The van der Waals surface area contributed by atoms with E-state index in [1.807, 2.05) is 6.92 Å². The van der Waals surface area contributed by atoms with Crippen molar-refractivity contribution in [2.45, 2.75) is 12.3 Å². The summed E-state index contributed by atoms with van der Waals surface area (Å²) < 4.78 is 5.21. The van der Waals surface area contributed by atoms with E-state index in [0.29, 0.717) is 17.9 Å². The number of rotatable bonds is 4. The molecule has 0 bridgehead atoms. The highest BCUT2D eigenvalue weighted by Gasteiger charge is 2.15. The monoisotopic (exact) mass is 214 g/mol. The van der Waals surface area contributed by atoms with E-state index in [1.165, 1.54) is 0 Å². The third-order valence-electron chi connectivity index (χ3n) is 1.70. The molecule has 0 aromatic heterocycles. The van der Waals surface area contributed by atoms with Crippen LogP contribution in [-0.4, -0.2) is 17.7 Å². The molecule has 1 N–H and O–H groups in total. The van der Waals surface area contributed by atoms with Crippen molar-refractivity contribution in [3.63, 3.8) is 0 Å². The van der Waals surface area contributed by atoms with E-state index in [4.69, 9.17) is 21.4 Å². The summed E-state index contributed by atoms with van der Waals surface area (Å²) in [6, 6.07) is 6.71. The Morgan fingerprint density at radius 1 is 1.50 bits per heavy atom. The lowest BCUT2D eigenvalue weighted by Gasteiger charge is -2.06. The van der Waals surface area contributed by atoms with Gasteiger partial charge >= 0.3 is 5.97 Å². The summed E-state index contributed by atoms with van der Waals surface area (Å²) in [7, 11) is 0. The lowest BCUT2D eigenvalue weighted by Crippen LogP contribution is -2.04. The van der Waals surface area contributed by atoms with Gasteiger partial charge in [-0.05, 0) is 24.6 Å². The second-order valence-corrected chi connectivity index (χ2v) is 3.14. The van der Waals surface area contributed by atoms with Crippen LogP contribution in [0.1, 0.15) is 17.9 Å². The van der Waals surface area contributed by atoms with Crippen molar-refractivity contribution in [3.05, 3.63) is 29.8 Å². The van der Waals surface area contributed by atoms with Gasteiger partial charge in [0.05, 0.1) is 6.61 Å². The van der Waals surface area contributed by atoms with Gasteiger partial charge in [-0.1, -0.05) is 12.1 Å². The van der Waals surface area contributed by atoms with Crippen LogP contribution in [0.5, 0.6) is 5.75 Å². The minimum absolute atomic E-state index is 0.558. The van der Waals surface area contributed by atoms with Crippen molar-refractivity contribution in [1.82, 2.24) is 0 Å². The van der Waals surface area contributed by atoms with Gasteiger partial charge in [0.15, 0.2) is 5.38 Å². The number of carboxylic acid groups (broad SMARTS) is 1. The van der Waals surface area contributed by atoms with E-state index < -0.39 is 11.3 Å². The molecular formula is C10H11ClO3. The average Bonchev–Trinajstić information content (AvgIpc) is 2.18. The van der Waals surface area contributed by atoms with Crippen molar-refractivity contribution in [2.75, 3.05) is 6.61 Å². The summed E-state index contributed by atoms with van der Waals surface area (Å²) in [5.41, 5.74) is 0.558. The second kappa shape index (κ2) is 4.86. The van der Waals surface area contributed by atoms with E-state index in [1.54, 1.807) is 24.3 Å². The summed E-state index contributed by atoms with van der Waals surface area (Å²) in [6.07, 6.45) is 0. The smallest absolute Gasteiger partial charge is 0.326 e. The number of hydrogen-bond acceptors (Lipinski definition) is 2. The van der Waals surface area contributed by atoms with Crippen LogP contribution in [-0.2, 0) is 4.79 Å². The molecule has 1 unspecified atom stereocenters. The number of alkyl halides is 1. The normalized spacial score (nSPS) is 12.1. The molecule has 0 heterocycles. The van der Waals surface area contributed by atoms with E-state index in [9.17, 15) is 4.79 Å². The van der Waals surface area contributed by atoms with Crippen molar-refractivity contribution in [1.29, 1.82) is 0 Å². The van der Waals surface area contributed by atoms with Gasteiger partial charge in [-0.2, -0.15) is 0 Å². The van der Waals surface area contributed by atoms with Crippen LogP contribution in [0.3, 0.4) is 0 Å². The van der Waals surface area contributed by atoms with Crippen LogP contribution in [0.2, 0.25) is 0 Å². The van der Waals surface area contributed by atoms with Crippen LogP contribution in [0.4, 0.5) is 0 Å². The van der Waals surface area contributed by atoms with Crippen molar-refractivity contribution >= 4 is 17.6 Å². The molecule has 3 nitrogen and oxygen atoms in total. The standard InChI is InChI=1S/C10H11ClO3/c1-2-14-8-5-3-7(4-6-8)9(11)10(12)13/h3-6,9H,2H2,1H3,(H,12,13). The Kier molecular flexibility index (Phi) is 3.77. The first kappa shape index (κ1) is 10.9. The minimum atomic E-state index is -1.05. The van der Waals surface area contributed by atoms with Crippen LogP contribution >= 0.6 is 11.6 Å². The SMILES string of the molecule is CCOc1ccc(C(Cl)C(=O)O)cc1. The molecule has 0 radical (unpaired) electrons. The number of ether oxygens (including phenoxy) is 1. The molecule has 1 atom stereocenters. The van der Waals surface area contributed by atoms with Gasteiger partial charge in [0.2, 0.25) is 0 Å². The van der Waals surface area contributed by atoms with Crippen molar-refractivity contribution in [2.24, 2.45) is 0 Å². The first-order valence-corrected chi connectivity index (χ1v) is 4.68.